The van der Waals surface area contributed by atoms with Crippen molar-refractivity contribution in [2.75, 3.05) is 19.6 Å². The molecule has 4 rings (SSSR count). The van der Waals surface area contributed by atoms with E-state index in [2.05, 4.69) is 4.90 Å². The lowest BCUT2D eigenvalue weighted by atomic mass is 9.91. The van der Waals surface area contributed by atoms with Gasteiger partial charge in [-0.05, 0) is 60.6 Å². The first kappa shape index (κ1) is 18.1. The number of aromatic hydroxyl groups is 1. The van der Waals surface area contributed by atoms with E-state index in [0.29, 0.717) is 48.8 Å². The van der Waals surface area contributed by atoms with Gasteiger partial charge in [0.05, 0.1) is 12.1 Å². The minimum atomic E-state index is -0.857. The molecule has 1 heterocycles. The third-order valence-corrected chi connectivity index (χ3v) is 5.97. The summed E-state index contributed by atoms with van der Waals surface area (Å²) in [4.78, 5) is 14.6. The van der Waals surface area contributed by atoms with Gasteiger partial charge in [-0.15, -0.1) is 0 Å². The average molecular weight is 369 g/mol. The van der Waals surface area contributed by atoms with E-state index in [1.165, 1.54) is 18.2 Å². The van der Waals surface area contributed by atoms with Crippen molar-refractivity contribution in [2.45, 2.75) is 24.9 Å². The Labute approximate surface area is 158 Å². The standard InChI is InChI=1S/C22H24FNO3/c23-20-4-2-1-3-16(20)9-22(27)10-17-12-24(13-18(17)11-22)14-21(26)15-5-7-19(25)8-6-15/h1-8,17-18,25,27H,9-14H2/t17-,18+,22?. The quantitative estimate of drug-likeness (QED) is 0.796. The van der Waals surface area contributed by atoms with Crippen molar-refractivity contribution >= 4 is 5.78 Å². The Hall–Kier alpha value is -2.24. The second kappa shape index (κ2) is 7.06. The van der Waals surface area contributed by atoms with E-state index < -0.39 is 5.60 Å². The molecule has 5 heteroatoms. The number of nitrogens with zero attached hydrogens (tertiary/aromatic N) is 1. The Balaban J connectivity index is 1.34. The molecule has 1 aliphatic carbocycles. The van der Waals surface area contributed by atoms with Crippen LogP contribution in [0.1, 0.15) is 28.8 Å². The number of carbonyl (C=O) groups excluding carboxylic acids is 1. The summed E-state index contributed by atoms with van der Waals surface area (Å²) in [6, 6.07) is 13.0. The summed E-state index contributed by atoms with van der Waals surface area (Å²) >= 11 is 0. The van der Waals surface area contributed by atoms with Gasteiger partial charge in [0.25, 0.3) is 0 Å². The number of phenolic OH excluding ortho intramolecular Hbond substituents is 1. The molecular formula is C22H24FNO3. The monoisotopic (exact) mass is 369 g/mol. The van der Waals surface area contributed by atoms with Gasteiger partial charge >= 0.3 is 0 Å². The molecule has 2 aliphatic rings. The summed E-state index contributed by atoms with van der Waals surface area (Å²) in [5.41, 5.74) is 0.310. The zero-order chi connectivity index (χ0) is 19.0. The average Bonchev–Trinajstić information content (AvgIpc) is 3.11. The molecule has 142 valence electrons. The van der Waals surface area contributed by atoms with Gasteiger partial charge in [-0.3, -0.25) is 9.69 Å². The van der Waals surface area contributed by atoms with Crippen LogP contribution in [0, 0.1) is 17.7 Å². The van der Waals surface area contributed by atoms with Gasteiger partial charge in [-0.1, -0.05) is 18.2 Å². The number of rotatable bonds is 5. The van der Waals surface area contributed by atoms with Crippen LogP contribution in [0.25, 0.3) is 0 Å². The van der Waals surface area contributed by atoms with Crippen molar-refractivity contribution < 1.29 is 19.4 Å². The highest BCUT2D eigenvalue weighted by Crippen LogP contribution is 2.45. The van der Waals surface area contributed by atoms with Gasteiger partial charge in [-0.25, -0.2) is 4.39 Å². The number of aliphatic hydroxyl groups is 1. The molecule has 0 bridgehead atoms. The molecule has 2 fully saturated rings. The molecule has 0 radical (unpaired) electrons. The Morgan fingerprint density at radius 1 is 1.07 bits per heavy atom. The van der Waals surface area contributed by atoms with Gasteiger partial charge in [0.15, 0.2) is 5.78 Å². The van der Waals surface area contributed by atoms with Crippen LogP contribution in [-0.4, -0.2) is 46.1 Å². The summed E-state index contributed by atoms with van der Waals surface area (Å²) in [7, 11) is 0. The van der Waals surface area contributed by atoms with E-state index in [1.807, 2.05) is 0 Å². The molecule has 0 aromatic heterocycles. The highest BCUT2D eigenvalue weighted by Gasteiger charge is 2.48. The number of halogens is 1. The Morgan fingerprint density at radius 2 is 1.70 bits per heavy atom. The molecule has 0 spiro atoms. The molecule has 2 N–H and O–H groups in total. The first-order chi connectivity index (χ1) is 12.9. The van der Waals surface area contributed by atoms with E-state index in [0.717, 1.165) is 13.1 Å². The normalized spacial score (nSPS) is 27.6. The first-order valence-electron chi connectivity index (χ1n) is 9.42. The van der Waals surface area contributed by atoms with Crippen molar-refractivity contribution in [3.05, 3.63) is 65.5 Å². The molecule has 2 aromatic rings. The number of likely N-dealkylation sites (tertiary alicyclic amines) is 1. The van der Waals surface area contributed by atoms with Crippen LogP contribution >= 0.6 is 0 Å². The fourth-order valence-corrected chi connectivity index (χ4v) is 4.77. The SMILES string of the molecule is O=C(CN1C[C@@H]2CC(O)(Cc3ccccc3F)C[C@@H]2C1)c1ccc(O)cc1. The zero-order valence-corrected chi connectivity index (χ0v) is 15.1. The molecule has 0 amide bonds. The smallest absolute Gasteiger partial charge is 0.176 e. The molecule has 4 nitrogen and oxygen atoms in total. The van der Waals surface area contributed by atoms with Gasteiger partial charge in [-0.2, -0.15) is 0 Å². The fourth-order valence-electron chi connectivity index (χ4n) is 4.77. The van der Waals surface area contributed by atoms with E-state index in [4.69, 9.17) is 0 Å². The first-order valence-corrected chi connectivity index (χ1v) is 9.42. The summed E-state index contributed by atoms with van der Waals surface area (Å²) in [5.74, 6) is 0.612. The third-order valence-electron chi connectivity index (χ3n) is 5.97. The number of phenols is 1. The molecule has 1 unspecified atom stereocenters. The summed E-state index contributed by atoms with van der Waals surface area (Å²) in [6.45, 7) is 1.92. The van der Waals surface area contributed by atoms with Crippen LogP contribution in [0.3, 0.4) is 0 Å². The summed E-state index contributed by atoms with van der Waals surface area (Å²) in [6.07, 6.45) is 1.64. The lowest BCUT2D eigenvalue weighted by molar-refractivity contribution is 0.0347. The Kier molecular flexibility index (Phi) is 4.74. The van der Waals surface area contributed by atoms with E-state index in [1.54, 1.807) is 30.3 Å². The number of Topliss-reactive ketones (excluding diaryl/α,β-unsaturated/α-hetero) is 1. The maximum Gasteiger partial charge on any atom is 0.176 e. The third kappa shape index (κ3) is 3.89. The van der Waals surface area contributed by atoms with Crippen LogP contribution in [0.15, 0.2) is 48.5 Å². The van der Waals surface area contributed by atoms with Crippen LogP contribution in [-0.2, 0) is 6.42 Å². The van der Waals surface area contributed by atoms with E-state index >= 15 is 0 Å². The van der Waals surface area contributed by atoms with Crippen LogP contribution in [0.4, 0.5) is 4.39 Å². The minimum absolute atomic E-state index is 0.0385. The molecular weight excluding hydrogens is 345 g/mol. The Morgan fingerprint density at radius 3 is 2.33 bits per heavy atom. The van der Waals surface area contributed by atoms with Crippen molar-refractivity contribution in [3.63, 3.8) is 0 Å². The maximum absolute atomic E-state index is 13.9. The van der Waals surface area contributed by atoms with Crippen molar-refractivity contribution in [2.24, 2.45) is 11.8 Å². The van der Waals surface area contributed by atoms with Crippen LogP contribution in [0.2, 0.25) is 0 Å². The topological polar surface area (TPSA) is 60.8 Å². The van der Waals surface area contributed by atoms with E-state index in [9.17, 15) is 19.4 Å². The van der Waals surface area contributed by atoms with E-state index in [-0.39, 0.29) is 17.3 Å². The highest BCUT2D eigenvalue weighted by molar-refractivity contribution is 5.97. The lowest BCUT2D eigenvalue weighted by Gasteiger charge is -2.26. The Bertz CT molecular complexity index is 822. The van der Waals surface area contributed by atoms with Crippen LogP contribution in [0.5, 0.6) is 5.75 Å². The molecule has 1 saturated heterocycles. The number of hydrogen-bond donors (Lipinski definition) is 2. The van der Waals surface area contributed by atoms with Crippen LogP contribution < -0.4 is 0 Å². The predicted molar refractivity (Wildman–Crippen MR) is 100 cm³/mol. The van der Waals surface area contributed by atoms with Gasteiger partial charge in [0.2, 0.25) is 0 Å². The maximum atomic E-state index is 13.9. The minimum Gasteiger partial charge on any atom is -0.508 e. The molecule has 3 atom stereocenters. The molecule has 27 heavy (non-hydrogen) atoms. The van der Waals surface area contributed by atoms with Gasteiger partial charge in [0, 0.05) is 25.1 Å². The number of benzene rings is 2. The number of carbonyl (C=O) groups is 1. The number of hydrogen-bond acceptors (Lipinski definition) is 4. The van der Waals surface area contributed by atoms with Crippen molar-refractivity contribution in [1.82, 2.24) is 4.90 Å². The summed E-state index contributed by atoms with van der Waals surface area (Å²) < 4.78 is 13.9. The molecule has 2 aromatic carbocycles. The lowest BCUT2D eigenvalue weighted by Crippen LogP contribution is -2.34. The second-order valence-electron chi connectivity index (χ2n) is 8.09. The molecule has 1 aliphatic heterocycles. The second-order valence-corrected chi connectivity index (χ2v) is 8.09. The summed E-state index contributed by atoms with van der Waals surface area (Å²) in [5, 5.41) is 20.3. The van der Waals surface area contributed by atoms with Crippen molar-refractivity contribution in [3.8, 4) is 5.75 Å². The number of fused-ring (bicyclic) bond motifs is 1. The fraction of sp³-hybridized carbons (Fsp3) is 0.409. The zero-order valence-electron chi connectivity index (χ0n) is 15.1. The van der Waals surface area contributed by atoms with Crippen molar-refractivity contribution in [1.29, 1.82) is 0 Å². The predicted octanol–water partition coefficient (Wildman–Crippen LogP) is 3.03. The molecule has 1 saturated carbocycles. The largest absolute Gasteiger partial charge is 0.508 e. The van der Waals surface area contributed by atoms with Gasteiger partial charge < -0.3 is 10.2 Å². The number of ketones is 1. The highest BCUT2D eigenvalue weighted by atomic mass is 19.1. The van der Waals surface area contributed by atoms with Gasteiger partial charge in [0.1, 0.15) is 11.6 Å².